The van der Waals surface area contributed by atoms with Crippen LogP contribution in [0.1, 0.15) is 44.2 Å². The van der Waals surface area contributed by atoms with Gasteiger partial charge < -0.3 is 15.2 Å². The number of aromatic nitrogens is 4. The summed E-state index contributed by atoms with van der Waals surface area (Å²) < 4.78 is 32.5. The van der Waals surface area contributed by atoms with Gasteiger partial charge in [0.1, 0.15) is 11.6 Å². The van der Waals surface area contributed by atoms with Crippen LogP contribution in [0, 0.1) is 11.6 Å². The number of H-pyrrole nitrogens is 1. The molecule has 2 heterocycles. The second-order valence-corrected chi connectivity index (χ2v) is 7.08. The molecule has 3 N–H and O–H groups in total. The van der Waals surface area contributed by atoms with Crippen LogP contribution in [0.3, 0.4) is 0 Å². The van der Waals surface area contributed by atoms with Crippen LogP contribution in [0.4, 0.5) is 14.6 Å². The molecule has 28 heavy (non-hydrogen) atoms. The molecule has 1 aliphatic rings. The molecule has 1 atom stereocenters. The highest BCUT2D eigenvalue weighted by atomic mass is 19.1. The number of halogens is 2. The van der Waals surface area contributed by atoms with Gasteiger partial charge in [0.15, 0.2) is 17.2 Å². The number of nitrogens with one attached hydrogen (secondary N) is 2. The lowest BCUT2D eigenvalue weighted by atomic mass is 10.0. The maximum Gasteiger partial charge on any atom is 0.326 e. The minimum absolute atomic E-state index is 0.104. The van der Waals surface area contributed by atoms with E-state index in [0.717, 1.165) is 48.9 Å². The van der Waals surface area contributed by atoms with Gasteiger partial charge >= 0.3 is 6.01 Å². The summed E-state index contributed by atoms with van der Waals surface area (Å²) in [6.07, 6.45) is 3.82. The van der Waals surface area contributed by atoms with Crippen molar-refractivity contribution in [2.45, 2.75) is 44.6 Å². The van der Waals surface area contributed by atoms with Crippen molar-refractivity contribution in [2.24, 2.45) is 0 Å². The number of nitrogens with zero attached hydrogens (tertiary/aromatic N) is 3. The van der Waals surface area contributed by atoms with Crippen LogP contribution in [-0.2, 0) is 0 Å². The number of hydrogen-bond donors (Lipinski definition) is 3. The van der Waals surface area contributed by atoms with Crippen LogP contribution in [0.2, 0.25) is 0 Å². The fraction of sp³-hybridized carbons (Fsp3) is 0.421. The van der Waals surface area contributed by atoms with Crippen LogP contribution in [-0.4, -0.2) is 37.9 Å². The Morgan fingerprint density at radius 2 is 2.07 bits per heavy atom. The van der Waals surface area contributed by atoms with Crippen LogP contribution in [0.25, 0.3) is 11.0 Å². The summed E-state index contributed by atoms with van der Waals surface area (Å²) in [6.45, 7) is 1.93. The summed E-state index contributed by atoms with van der Waals surface area (Å²) in [6, 6.07) is 2.90. The first kappa shape index (κ1) is 18.5. The third-order valence-corrected chi connectivity index (χ3v) is 4.83. The van der Waals surface area contributed by atoms with Gasteiger partial charge in [-0.3, -0.25) is 5.10 Å². The summed E-state index contributed by atoms with van der Waals surface area (Å²) >= 11 is 0. The first-order valence-corrected chi connectivity index (χ1v) is 9.32. The van der Waals surface area contributed by atoms with E-state index in [9.17, 15) is 13.9 Å². The Hall–Kier alpha value is -2.81. The number of ether oxygens (including phenoxy) is 1. The zero-order valence-corrected chi connectivity index (χ0v) is 15.4. The minimum atomic E-state index is -0.849. The van der Waals surface area contributed by atoms with Crippen LogP contribution >= 0.6 is 0 Å². The smallest absolute Gasteiger partial charge is 0.326 e. The van der Waals surface area contributed by atoms with Gasteiger partial charge in [-0.1, -0.05) is 12.8 Å². The number of anilines is 1. The van der Waals surface area contributed by atoms with Crippen molar-refractivity contribution in [3.63, 3.8) is 0 Å². The topological polar surface area (TPSA) is 96.0 Å². The van der Waals surface area contributed by atoms with Gasteiger partial charge in [-0.2, -0.15) is 15.1 Å². The van der Waals surface area contributed by atoms with Gasteiger partial charge in [0.2, 0.25) is 0 Å². The molecule has 1 aliphatic carbocycles. The number of fused-ring (bicyclic) bond motifs is 1. The predicted molar refractivity (Wildman–Crippen MR) is 99.5 cm³/mol. The van der Waals surface area contributed by atoms with Gasteiger partial charge in [0.25, 0.3) is 0 Å². The summed E-state index contributed by atoms with van der Waals surface area (Å²) in [5.74, 6) is -0.948. The Bertz CT molecular complexity index is 986. The normalized spacial score (nSPS) is 15.9. The number of benzene rings is 1. The Balaban J connectivity index is 1.73. The van der Waals surface area contributed by atoms with Gasteiger partial charge in [0.05, 0.1) is 17.2 Å². The number of aliphatic hydroxyl groups is 1. The SMILES string of the molecule is CC(O)CNc1nc(Oc2ccc(F)cc2F)nc2[nH]nc(C3CCCC3)c12. The molecule has 148 valence electrons. The first-order chi connectivity index (χ1) is 13.5. The van der Waals surface area contributed by atoms with E-state index in [1.165, 1.54) is 6.07 Å². The van der Waals surface area contributed by atoms with Crippen LogP contribution in [0.15, 0.2) is 18.2 Å². The van der Waals surface area contributed by atoms with Crippen molar-refractivity contribution < 1.29 is 18.6 Å². The largest absolute Gasteiger partial charge is 0.421 e. The second-order valence-electron chi connectivity index (χ2n) is 7.08. The summed E-state index contributed by atoms with van der Waals surface area (Å²) in [5, 5.41) is 20.8. The van der Waals surface area contributed by atoms with Crippen molar-refractivity contribution in [1.29, 1.82) is 0 Å². The van der Waals surface area contributed by atoms with Crippen molar-refractivity contribution >= 4 is 16.9 Å². The second kappa shape index (κ2) is 7.67. The molecule has 1 aromatic carbocycles. The molecule has 1 fully saturated rings. The molecule has 0 aliphatic heterocycles. The zero-order valence-electron chi connectivity index (χ0n) is 15.4. The van der Waals surface area contributed by atoms with Gasteiger partial charge in [-0.15, -0.1) is 0 Å². The number of aromatic amines is 1. The average Bonchev–Trinajstić information content (AvgIpc) is 3.31. The van der Waals surface area contributed by atoms with E-state index in [2.05, 4.69) is 25.5 Å². The Kier molecular flexibility index (Phi) is 5.08. The molecule has 0 radical (unpaired) electrons. The highest BCUT2D eigenvalue weighted by Crippen LogP contribution is 2.38. The van der Waals surface area contributed by atoms with E-state index in [0.29, 0.717) is 17.4 Å². The maximum absolute atomic E-state index is 13.9. The first-order valence-electron chi connectivity index (χ1n) is 9.32. The van der Waals surface area contributed by atoms with Gasteiger partial charge in [0, 0.05) is 18.5 Å². The van der Waals surface area contributed by atoms with E-state index < -0.39 is 17.7 Å². The number of rotatable bonds is 6. The molecular weight excluding hydrogens is 368 g/mol. The molecule has 9 heteroatoms. The lowest BCUT2D eigenvalue weighted by Crippen LogP contribution is -2.16. The van der Waals surface area contributed by atoms with E-state index in [-0.39, 0.29) is 18.3 Å². The van der Waals surface area contributed by atoms with E-state index >= 15 is 0 Å². The zero-order chi connectivity index (χ0) is 19.7. The summed E-state index contributed by atoms with van der Waals surface area (Å²) in [5.41, 5.74) is 1.35. The van der Waals surface area contributed by atoms with Gasteiger partial charge in [-0.25, -0.2) is 8.78 Å². The Morgan fingerprint density at radius 3 is 2.79 bits per heavy atom. The fourth-order valence-corrected chi connectivity index (χ4v) is 3.50. The van der Waals surface area contributed by atoms with Crippen molar-refractivity contribution in [2.75, 3.05) is 11.9 Å². The highest BCUT2D eigenvalue weighted by Gasteiger charge is 2.25. The lowest BCUT2D eigenvalue weighted by Gasteiger charge is -2.13. The quantitative estimate of drug-likeness (QED) is 0.592. The average molecular weight is 389 g/mol. The molecule has 0 bridgehead atoms. The predicted octanol–water partition coefficient (Wildman–Crippen LogP) is 3.87. The highest BCUT2D eigenvalue weighted by molar-refractivity contribution is 5.90. The molecule has 1 unspecified atom stereocenters. The van der Waals surface area contributed by atoms with Crippen molar-refractivity contribution in [1.82, 2.24) is 20.2 Å². The molecule has 7 nitrogen and oxygen atoms in total. The van der Waals surface area contributed by atoms with Crippen LogP contribution < -0.4 is 10.1 Å². The molecule has 0 saturated heterocycles. The molecule has 0 spiro atoms. The van der Waals surface area contributed by atoms with E-state index in [1.54, 1.807) is 6.92 Å². The molecule has 0 amide bonds. The number of hydrogen-bond acceptors (Lipinski definition) is 6. The fourth-order valence-electron chi connectivity index (χ4n) is 3.50. The maximum atomic E-state index is 13.9. The minimum Gasteiger partial charge on any atom is -0.421 e. The monoisotopic (exact) mass is 389 g/mol. The number of aliphatic hydroxyl groups excluding tert-OH is 1. The Labute approximate surface area is 160 Å². The molecule has 2 aromatic heterocycles. The van der Waals surface area contributed by atoms with E-state index in [4.69, 9.17) is 4.74 Å². The van der Waals surface area contributed by atoms with Crippen molar-refractivity contribution in [3.05, 3.63) is 35.5 Å². The Morgan fingerprint density at radius 1 is 1.29 bits per heavy atom. The van der Waals surface area contributed by atoms with Gasteiger partial charge in [-0.05, 0) is 31.9 Å². The third kappa shape index (κ3) is 3.75. The van der Waals surface area contributed by atoms with E-state index in [1.807, 2.05) is 0 Å². The lowest BCUT2D eigenvalue weighted by molar-refractivity contribution is 0.208. The molecule has 4 rings (SSSR count). The molecular formula is C19H21F2N5O2. The third-order valence-electron chi connectivity index (χ3n) is 4.83. The standard InChI is InChI=1S/C19H21F2N5O2/c1-10(27)9-22-17-15-16(11-4-2-3-5-11)25-26-18(15)24-19(23-17)28-14-7-6-12(20)8-13(14)21/h6-8,10-11,27H,2-5,9H2,1H3,(H2,22,23,24,25,26). The van der Waals surface area contributed by atoms with Crippen LogP contribution in [0.5, 0.6) is 11.8 Å². The summed E-state index contributed by atoms with van der Waals surface area (Å²) in [4.78, 5) is 8.66. The summed E-state index contributed by atoms with van der Waals surface area (Å²) in [7, 11) is 0. The molecule has 3 aromatic rings. The van der Waals surface area contributed by atoms with Crippen molar-refractivity contribution in [3.8, 4) is 11.8 Å². The molecule has 1 saturated carbocycles.